The van der Waals surface area contributed by atoms with Crippen LogP contribution in [0.1, 0.15) is 16.7 Å². The smallest absolute Gasteiger partial charge is 0.128 e. The van der Waals surface area contributed by atoms with E-state index in [0.29, 0.717) is 0 Å². The summed E-state index contributed by atoms with van der Waals surface area (Å²) in [6.45, 7) is 5.22. The number of rotatable bonds is 4. The highest BCUT2D eigenvalue weighted by Gasteiger charge is 2.05. The van der Waals surface area contributed by atoms with E-state index >= 15 is 0 Å². The minimum atomic E-state index is 0.971. The predicted molar refractivity (Wildman–Crippen MR) is 84.8 cm³/mol. The average molecular weight is 319 g/mol. The maximum absolute atomic E-state index is 4.45. The number of hydrogen-bond donors (Lipinski definition) is 0. The van der Waals surface area contributed by atoms with E-state index in [1.807, 2.05) is 6.20 Å². The molecule has 0 unspecified atom stereocenters. The van der Waals surface area contributed by atoms with Crippen LogP contribution >= 0.6 is 15.9 Å². The van der Waals surface area contributed by atoms with Crippen LogP contribution in [-0.4, -0.2) is 18.6 Å². The van der Waals surface area contributed by atoms with Crippen LogP contribution in [0.2, 0.25) is 0 Å². The summed E-state index contributed by atoms with van der Waals surface area (Å²) in [4.78, 5) is 6.65. The Morgan fingerprint density at radius 3 is 2.58 bits per heavy atom. The third kappa shape index (κ3) is 3.57. The first-order valence-electron chi connectivity index (χ1n) is 6.45. The fourth-order valence-electron chi connectivity index (χ4n) is 2.03. The molecule has 0 aliphatic rings. The lowest BCUT2D eigenvalue weighted by atomic mass is 10.1. The molecule has 0 amide bonds. The number of nitrogens with zero attached hydrogens (tertiary/aromatic N) is 2. The molecule has 0 N–H and O–H groups in total. The molecule has 2 nitrogen and oxygen atoms in total. The van der Waals surface area contributed by atoms with Gasteiger partial charge in [0.25, 0.3) is 0 Å². The second-order valence-corrected chi connectivity index (χ2v) is 5.74. The van der Waals surface area contributed by atoms with Gasteiger partial charge in [-0.05, 0) is 59.0 Å². The second kappa shape index (κ2) is 6.20. The van der Waals surface area contributed by atoms with Crippen LogP contribution in [0.15, 0.2) is 41.0 Å². The molecular weight excluding hydrogens is 300 g/mol. The second-order valence-electron chi connectivity index (χ2n) is 4.89. The maximum atomic E-state index is 4.45. The van der Waals surface area contributed by atoms with Gasteiger partial charge < -0.3 is 4.90 Å². The van der Waals surface area contributed by atoms with Crippen molar-refractivity contribution in [3.63, 3.8) is 0 Å². The number of hydrogen-bond acceptors (Lipinski definition) is 2. The van der Waals surface area contributed by atoms with E-state index in [-0.39, 0.29) is 0 Å². The highest BCUT2D eigenvalue weighted by molar-refractivity contribution is 9.10. The van der Waals surface area contributed by atoms with E-state index in [2.05, 4.69) is 77.0 Å². The molecule has 1 heterocycles. The van der Waals surface area contributed by atoms with Crippen molar-refractivity contribution in [2.24, 2.45) is 0 Å². The minimum Gasteiger partial charge on any atom is -0.359 e. The van der Waals surface area contributed by atoms with Crippen LogP contribution in [0.3, 0.4) is 0 Å². The number of likely N-dealkylation sites (N-methyl/N-ethyl adjacent to an activating group) is 1. The van der Waals surface area contributed by atoms with Crippen molar-refractivity contribution in [1.29, 1.82) is 0 Å². The van der Waals surface area contributed by atoms with Crippen LogP contribution in [0.5, 0.6) is 0 Å². The quantitative estimate of drug-likeness (QED) is 0.842. The van der Waals surface area contributed by atoms with Gasteiger partial charge in [0, 0.05) is 24.3 Å². The third-order valence-electron chi connectivity index (χ3n) is 3.40. The molecule has 1 aromatic heterocycles. The molecule has 0 saturated carbocycles. The Kier molecular flexibility index (Phi) is 4.59. The van der Waals surface area contributed by atoms with Gasteiger partial charge in [0.05, 0.1) is 0 Å². The maximum Gasteiger partial charge on any atom is 0.128 e. The summed E-state index contributed by atoms with van der Waals surface area (Å²) in [6.07, 6.45) is 2.91. The number of anilines is 1. The van der Waals surface area contributed by atoms with Crippen molar-refractivity contribution >= 4 is 21.7 Å². The molecule has 0 fully saturated rings. The van der Waals surface area contributed by atoms with E-state index in [1.165, 1.54) is 16.7 Å². The number of halogens is 1. The first kappa shape index (κ1) is 14.1. The fraction of sp³-hybridized carbons (Fsp3) is 0.312. The van der Waals surface area contributed by atoms with Gasteiger partial charge >= 0.3 is 0 Å². The highest BCUT2D eigenvalue weighted by Crippen LogP contribution is 2.19. The first-order valence-corrected chi connectivity index (χ1v) is 7.25. The summed E-state index contributed by atoms with van der Waals surface area (Å²) in [5.74, 6) is 1.02. The molecule has 100 valence electrons. The SMILES string of the molecule is Cc1cc(N(C)CCc2ccccc2C)ncc1Br. The van der Waals surface area contributed by atoms with Crippen molar-refractivity contribution in [2.45, 2.75) is 20.3 Å². The van der Waals surface area contributed by atoms with E-state index in [1.54, 1.807) is 0 Å². The lowest BCUT2D eigenvalue weighted by Gasteiger charge is -2.19. The lowest BCUT2D eigenvalue weighted by Crippen LogP contribution is -2.21. The summed E-state index contributed by atoms with van der Waals surface area (Å²) in [5, 5.41) is 0. The zero-order valence-electron chi connectivity index (χ0n) is 11.7. The molecule has 0 radical (unpaired) electrons. The molecule has 0 bridgehead atoms. The van der Waals surface area contributed by atoms with Crippen molar-refractivity contribution in [3.05, 3.63) is 57.7 Å². The Balaban J connectivity index is 2.03. The largest absolute Gasteiger partial charge is 0.359 e. The van der Waals surface area contributed by atoms with E-state index < -0.39 is 0 Å². The molecule has 0 aliphatic heterocycles. The number of pyridine rings is 1. The number of aromatic nitrogens is 1. The van der Waals surface area contributed by atoms with Crippen molar-refractivity contribution in [3.8, 4) is 0 Å². The van der Waals surface area contributed by atoms with Crippen LogP contribution in [0.25, 0.3) is 0 Å². The van der Waals surface area contributed by atoms with Gasteiger partial charge in [-0.15, -0.1) is 0 Å². The molecule has 0 aliphatic carbocycles. The summed E-state index contributed by atoms with van der Waals surface area (Å²) in [6, 6.07) is 10.7. The van der Waals surface area contributed by atoms with Gasteiger partial charge in [-0.2, -0.15) is 0 Å². The molecule has 0 saturated heterocycles. The molecule has 3 heteroatoms. The van der Waals surface area contributed by atoms with Gasteiger partial charge in [-0.3, -0.25) is 0 Å². The molecule has 0 atom stereocenters. The third-order valence-corrected chi connectivity index (χ3v) is 4.23. The number of aryl methyl sites for hydroxylation is 2. The molecule has 0 spiro atoms. The predicted octanol–water partition coefficient (Wildman–Crippen LogP) is 4.14. The summed E-state index contributed by atoms with van der Waals surface area (Å²) in [5.41, 5.74) is 3.98. The summed E-state index contributed by atoms with van der Waals surface area (Å²) >= 11 is 3.48. The normalized spacial score (nSPS) is 10.5. The van der Waals surface area contributed by atoms with E-state index in [9.17, 15) is 0 Å². The Hall–Kier alpha value is -1.35. The zero-order valence-corrected chi connectivity index (χ0v) is 13.2. The Labute approximate surface area is 123 Å². The molecule has 2 rings (SSSR count). The van der Waals surface area contributed by atoms with Gasteiger partial charge in [0.15, 0.2) is 0 Å². The van der Waals surface area contributed by atoms with Crippen LogP contribution in [0, 0.1) is 13.8 Å². The van der Waals surface area contributed by atoms with Gasteiger partial charge in [-0.25, -0.2) is 4.98 Å². The first-order chi connectivity index (χ1) is 9.08. The van der Waals surface area contributed by atoms with Crippen molar-refractivity contribution in [1.82, 2.24) is 4.98 Å². The van der Waals surface area contributed by atoms with Crippen molar-refractivity contribution < 1.29 is 0 Å². The van der Waals surface area contributed by atoms with Crippen LogP contribution < -0.4 is 4.90 Å². The fourth-order valence-corrected chi connectivity index (χ4v) is 2.24. The molecule has 2 aromatic rings. The van der Waals surface area contributed by atoms with E-state index in [0.717, 1.165) is 23.3 Å². The van der Waals surface area contributed by atoms with Crippen LogP contribution in [0.4, 0.5) is 5.82 Å². The lowest BCUT2D eigenvalue weighted by molar-refractivity contribution is 0.854. The topological polar surface area (TPSA) is 16.1 Å². The number of benzene rings is 1. The molecule has 1 aromatic carbocycles. The zero-order chi connectivity index (χ0) is 13.8. The average Bonchev–Trinajstić information content (AvgIpc) is 2.40. The Bertz CT molecular complexity index is 566. The van der Waals surface area contributed by atoms with Gasteiger partial charge in [0.2, 0.25) is 0 Å². The van der Waals surface area contributed by atoms with E-state index in [4.69, 9.17) is 0 Å². The van der Waals surface area contributed by atoms with Gasteiger partial charge in [0.1, 0.15) is 5.82 Å². The van der Waals surface area contributed by atoms with Gasteiger partial charge in [-0.1, -0.05) is 24.3 Å². The Morgan fingerprint density at radius 1 is 1.16 bits per heavy atom. The summed E-state index contributed by atoms with van der Waals surface area (Å²) < 4.78 is 1.06. The Morgan fingerprint density at radius 2 is 1.89 bits per heavy atom. The standard InChI is InChI=1S/C16H19BrN2/c1-12-6-4-5-7-14(12)8-9-19(3)16-10-13(2)15(17)11-18-16/h4-7,10-11H,8-9H2,1-3H3. The molecular formula is C16H19BrN2. The minimum absolute atomic E-state index is 0.971. The van der Waals surface area contributed by atoms with Crippen LogP contribution in [-0.2, 0) is 6.42 Å². The summed E-state index contributed by atoms with van der Waals surface area (Å²) in [7, 11) is 2.09. The highest BCUT2D eigenvalue weighted by atomic mass is 79.9. The van der Waals surface area contributed by atoms with Crippen molar-refractivity contribution in [2.75, 3.05) is 18.5 Å². The monoisotopic (exact) mass is 318 g/mol. The molecule has 19 heavy (non-hydrogen) atoms.